The van der Waals surface area contributed by atoms with E-state index in [0.29, 0.717) is 18.1 Å². The Morgan fingerprint density at radius 1 is 1.38 bits per heavy atom. The van der Waals surface area contributed by atoms with E-state index in [1.807, 2.05) is 43.5 Å². The Hall–Kier alpha value is -2.67. The highest BCUT2D eigenvalue weighted by Gasteiger charge is 2.13. The molecule has 0 fully saturated rings. The average Bonchev–Trinajstić information content (AvgIpc) is 3.24. The molecular weight excluding hydrogens is 324 g/mol. The van der Waals surface area contributed by atoms with E-state index in [9.17, 15) is 4.79 Å². The summed E-state index contributed by atoms with van der Waals surface area (Å²) in [5.41, 5.74) is 2.02. The lowest BCUT2D eigenvalue weighted by molar-refractivity contribution is 0.0945. The fourth-order valence-corrected chi connectivity index (χ4v) is 2.84. The molecule has 6 nitrogen and oxygen atoms in total. The van der Waals surface area contributed by atoms with Crippen molar-refractivity contribution in [2.75, 3.05) is 0 Å². The first kappa shape index (κ1) is 16.2. The molecule has 7 heteroatoms. The van der Waals surface area contributed by atoms with Gasteiger partial charge in [0.25, 0.3) is 5.91 Å². The number of aromatic amines is 1. The zero-order valence-electron chi connectivity index (χ0n) is 13.4. The minimum absolute atomic E-state index is 0.0223. The van der Waals surface area contributed by atoms with Gasteiger partial charge in [0, 0.05) is 18.3 Å². The lowest BCUT2D eigenvalue weighted by Crippen LogP contribution is -2.24. The topological polar surface area (TPSA) is 79.9 Å². The molecule has 0 radical (unpaired) electrons. The van der Waals surface area contributed by atoms with Crippen LogP contribution in [0.5, 0.6) is 5.88 Å². The molecule has 3 heterocycles. The van der Waals surface area contributed by atoms with E-state index in [-0.39, 0.29) is 12.0 Å². The number of nitrogens with one attached hydrogen (secondary N) is 2. The maximum absolute atomic E-state index is 12.3. The maximum atomic E-state index is 12.3. The summed E-state index contributed by atoms with van der Waals surface area (Å²) in [6.45, 7) is 4.20. The third-order valence-corrected chi connectivity index (χ3v) is 4.14. The van der Waals surface area contributed by atoms with Gasteiger partial charge < -0.3 is 10.1 Å². The molecule has 124 valence electrons. The highest BCUT2D eigenvalue weighted by atomic mass is 32.1. The molecule has 3 aromatic rings. The summed E-state index contributed by atoms with van der Waals surface area (Å²) in [4.78, 5) is 17.5. The van der Waals surface area contributed by atoms with Gasteiger partial charge in [-0.25, -0.2) is 4.98 Å². The normalized spacial score (nSPS) is 10.8. The highest BCUT2D eigenvalue weighted by molar-refractivity contribution is 7.13. The summed E-state index contributed by atoms with van der Waals surface area (Å²) in [7, 11) is 0. The van der Waals surface area contributed by atoms with Crippen molar-refractivity contribution in [3.63, 3.8) is 0 Å². The van der Waals surface area contributed by atoms with Crippen molar-refractivity contribution < 1.29 is 9.53 Å². The number of nitrogens with zero attached hydrogens (tertiary/aromatic N) is 2. The largest absolute Gasteiger partial charge is 0.475 e. The molecule has 24 heavy (non-hydrogen) atoms. The molecule has 0 aromatic carbocycles. The minimum Gasteiger partial charge on any atom is -0.475 e. The number of hydrogen-bond acceptors (Lipinski definition) is 5. The van der Waals surface area contributed by atoms with Crippen molar-refractivity contribution >= 4 is 17.2 Å². The van der Waals surface area contributed by atoms with Gasteiger partial charge in [0.2, 0.25) is 5.88 Å². The van der Waals surface area contributed by atoms with Crippen LogP contribution in [0.15, 0.2) is 41.9 Å². The highest BCUT2D eigenvalue weighted by Crippen LogP contribution is 2.23. The molecule has 1 amide bonds. The van der Waals surface area contributed by atoms with Crippen LogP contribution in [0, 0.1) is 0 Å². The van der Waals surface area contributed by atoms with E-state index >= 15 is 0 Å². The maximum Gasteiger partial charge on any atom is 0.272 e. The lowest BCUT2D eigenvalue weighted by Gasteiger charge is -2.12. The Labute approximate surface area is 143 Å². The predicted octanol–water partition coefficient (Wildman–Crippen LogP) is 3.25. The van der Waals surface area contributed by atoms with Gasteiger partial charge in [-0.1, -0.05) is 12.1 Å². The molecule has 0 saturated carbocycles. The van der Waals surface area contributed by atoms with Gasteiger partial charge >= 0.3 is 0 Å². The van der Waals surface area contributed by atoms with Crippen LogP contribution in [0.4, 0.5) is 0 Å². The van der Waals surface area contributed by atoms with Crippen molar-refractivity contribution in [2.24, 2.45) is 0 Å². The van der Waals surface area contributed by atoms with E-state index in [2.05, 4.69) is 20.5 Å². The number of rotatable bonds is 6. The van der Waals surface area contributed by atoms with Gasteiger partial charge in [0.1, 0.15) is 0 Å². The van der Waals surface area contributed by atoms with Crippen molar-refractivity contribution in [1.82, 2.24) is 20.5 Å². The first-order chi connectivity index (χ1) is 11.6. The molecule has 0 aliphatic carbocycles. The van der Waals surface area contributed by atoms with E-state index in [0.717, 1.165) is 16.1 Å². The summed E-state index contributed by atoms with van der Waals surface area (Å²) < 4.78 is 5.65. The number of carbonyl (C=O) groups is 1. The zero-order chi connectivity index (χ0) is 16.9. The number of thiophene rings is 1. The molecule has 0 saturated heterocycles. The number of hydrogen-bond donors (Lipinski definition) is 2. The Morgan fingerprint density at radius 2 is 2.25 bits per heavy atom. The predicted molar refractivity (Wildman–Crippen MR) is 93.1 cm³/mol. The summed E-state index contributed by atoms with van der Waals surface area (Å²) in [5, 5.41) is 11.8. The van der Waals surface area contributed by atoms with Crippen LogP contribution in [0.3, 0.4) is 0 Å². The minimum atomic E-state index is -0.242. The third kappa shape index (κ3) is 3.80. The third-order valence-electron chi connectivity index (χ3n) is 3.23. The van der Waals surface area contributed by atoms with E-state index in [1.165, 1.54) is 0 Å². The van der Waals surface area contributed by atoms with Crippen molar-refractivity contribution in [2.45, 2.75) is 26.5 Å². The van der Waals surface area contributed by atoms with Crippen LogP contribution in [0.1, 0.15) is 29.9 Å². The van der Waals surface area contributed by atoms with Gasteiger partial charge in [0.15, 0.2) is 5.69 Å². The molecule has 0 spiro atoms. The molecule has 0 unspecified atom stereocenters. The fourth-order valence-electron chi connectivity index (χ4n) is 2.15. The standard InChI is InChI=1S/C17H18N4O2S/c1-11(2)23-17-12(5-3-7-18-17)10-19-16(22)14-9-13(20-21-14)15-6-4-8-24-15/h3-9,11H,10H2,1-2H3,(H,19,22)(H,20,21). The Morgan fingerprint density at radius 3 is 3.00 bits per heavy atom. The summed E-state index contributed by atoms with van der Waals surface area (Å²) in [6, 6.07) is 9.38. The van der Waals surface area contributed by atoms with Crippen LogP contribution in [0.2, 0.25) is 0 Å². The molecule has 0 aliphatic rings. The summed E-state index contributed by atoms with van der Waals surface area (Å²) >= 11 is 1.59. The van der Waals surface area contributed by atoms with Crippen LogP contribution >= 0.6 is 11.3 Å². The molecular formula is C17H18N4O2S. The molecule has 0 aliphatic heterocycles. The summed E-state index contributed by atoms with van der Waals surface area (Å²) in [6.07, 6.45) is 1.69. The van der Waals surface area contributed by atoms with Gasteiger partial charge in [-0.2, -0.15) is 5.10 Å². The fraction of sp³-hybridized carbons (Fsp3) is 0.235. The van der Waals surface area contributed by atoms with E-state index in [1.54, 1.807) is 23.6 Å². The average molecular weight is 342 g/mol. The lowest BCUT2D eigenvalue weighted by atomic mass is 10.2. The number of pyridine rings is 1. The quantitative estimate of drug-likeness (QED) is 0.721. The smallest absolute Gasteiger partial charge is 0.272 e. The number of aromatic nitrogens is 3. The second-order valence-corrected chi connectivity index (χ2v) is 6.41. The van der Waals surface area contributed by atoms with Crippen molar-refractivity contribution in [3.8, 4) is 16.5 Å². The molecule has 3 aromatic heterocycles. The van der Waals surface area contributed by atoms with Gasteiger partial charge in [-0.15, -0.1) is 11.3 Å². The van der Waals surface area contributed by atoms with Crippen molar-refractivity contribution in [3.05, 3.63) is 53.2 Å². The molecule has 0 bridgehead atoms. The Balaban J connectivity index is 1.66. The van der Waals surface area contributed by atoms with Crippen LogP contribution < -0.4 is 10.1 Å². The summed E-state index contributed by atoms with van der Waals surface area (Å²) in [5.74, 6) is 0.294. The number of carbonyl (C=O) groups excluding carboxylic acids is 1. The number of H-pyrrole nitrogens is 1. The van der Waals surface area contributed by atoms with Gasteiger partial charge in [-0.3, -0.25) is 9.89 Å². The second kappa shape index (κ2) is 7.27. The molecule has 3 rings (SSSR count). The zero-order valence-corrected chi connectivity index (χ0v) is 14.3. The van der Waals surface area contributed by atoms with Gasteiger partial charge in [0.05, 0.1) is 16.7 Å². The second-order valence-electron chi connectivity index (χ2n) is 5.46. The van der Waals surface area contributed by atoms with Crippen LogP contribution in [0.25, 0.3) is 10.6 Å². The van der Waals surface area contributed by atoms with Crippen molar-refractivity contribution in [1.29, 1.82) is 0 Å². The first-order valence-corrected chi connectivity index (χ1v) is 8.49. The number of ether oxygens (including phenoxy) is 1. The van der Waals surface area contributed by atoms with Crippen LogP contribution in [-0.2, 0) is 6.54 Å². The van der Waals surface area contributed by atoms with E-state index < -0.39 is 0 Å². The Kier molecular flexibility index (Phi) is 4.90. The molecule has 2 N–H and O–H groups in total. The van der Waals surface area contributed by atoms with Crippen LogP contribution in [-0.4, -0.2) is 27.2 Å². The van der Waals surface area contributed by atoms with Gasteiger partial charge in [-0.05, 0) is 37.4 Å². The first-order valence-electron chi connectivity index (χ1n) is 7.61. The van der Waals surface area contributed by atoms with E-state index in [4.69, 9.17) is 4.74 Å². The SMILES string of the molecule is CC(C)Oc1ncccc1CNC(=O)c1cc(-c2cccs2)[nH]n1. The Bertz CT molecular complexity index is 812. The monoisotopic (exact) mass is 342 g/mol. The number of amides is 1. The molecule has 0 atom stereocenters.